The van der Waals surface area contributed by atoms with Crippen LogP contribution in [0.5, 0.6) is 0 Å². The number of rotatable bonds is 4. The zero-order valence-electron chi connectivity index (χ0n) is 14.7. The minimum Gasteiger partial charge on any atom is -0.444 e. The maximum absolute atomic E-state index is 11.9. The Bertz CT molecular complexity index is 395. The summed E-state index contributed by atoms with van der Waals surface area (Å²) in [6.45, 7) is 9.88. The Labute approximate surface area is 134 Å². The molecule has 128 valence electrons. The van der Waals surface area contributed by atoms with E-state index in [1.165, 1.54) is 25.7 Å². The van der Waals surface area contributed by atoms with Gasteiger partial charge >= 0.3 is 6.09 Å². The summed E-state index contributed by atoms with van der Waals surface area (Å²) < 4.78 is 5.35. The van der Waals surface area contributed by atoms with E-state index in [4.69, 9.17) is 10.5 Å². The summed E-state index contributed by atoms with van der Waals surface area (Å²) in [7, 11) is 0. The van der Waals surface area contributed by atoms with Crippen LogP contribution in [-0.2, 0) is 4.74 Å². The van der Waals surface area contributed by atoms with Crippen LogP contribution in [0.4, 0.5) is 4.79 Å². The van der Waals surface area contributed by atoms with Gasteiger partial charge in [-0.1, -0.05) is 0 Å². The molecule has 0 radical (unpaired) electrons. The molecule has 0 aromatic rings. The summed E-state index contributed by atoms with van der Waals surface area (Å²) >= 11 is 0. The molecule has 2 fully saturated rings. The third-order valence-corrected chi connectivity index (χ3v) is 5.15. The molecule has 5 nitrogen and oxygen atoms in total. The van der Waals surface area contributed by atoms with E-state index in [9.17, 15) is 4.79 Å². The summed E-state index contributed by atoms with van der Waals surface area (Å²) in [6, 6.07) is 1.40. The van der Waals surface area contributed by atoms with Crippen molar-refractivity contribution in [1.82, 2.24) is 10.6 Å². The van der Waals surface area contributed by atoms with Gasteiger partial charge in [-0.25, -0.2) is 4.79 Å². The minimum atomic E-state index is -0.428. The predicted octanol–water partition coefficient (Wildman–Crippen LogP) is 2.54. The molecule has 3 atom stereocenters. The second-order valence-corrected chi connectivity index (χ2v) is 8.35. The van der Waals surface area contributed by atoms with Crippen LogP contribution in [0.15, 0.2) is 0 Å². The molecular formula is C17H33N3O2. The van der Waals surface area contributed by atoms with E-state index in [0.29, 0.717) is 23.5 Å². The molecule has 0 aromatic carbocycles. The lowest BCUT2D eigenvalue weighted by atomic mass is 9.82. The molecule has 4 N–H and O–H groups in total. The normalized spacial score (nSPS) is 34.1. The molecule has 0 heterocycles. The summed E-state index contributed by atoms with van der Waals surface area (Å²) in [6.07, 6.45) is 5.52. The fraction of sp³-hybridized carbons (Fsp3) is 0.941. The van der Waals surface area contributed by atoms with Gasteiger partial charge in [0.25, 0.3) is 0 Å². The molecule has 0 aliphatic heterocycles. The van der Waals surface area contributed by atoms with E-state index in [0.717, 1.165) is 6.42 Å². The average Bonchev–Trinajstić information content (AvgIpc) is 3.02. The predicted molar refractivity (Wildman–Crippen MR) is 88.7 cm³/mol. The second kappa shape index (κ2) is 6.36. The molecule has 0 saturated heterocycles. The standard InChI is InChI=1S/C17H33N3O2/c1-11(18)12(2)19-13-6-8-17(9-7-13)10-14(17)20-15(21)22-16(3,4)5/h11-14,19H,6-10,18H2,1-5H3,(H,20,21). The number of ether oxygens (including phenoxy) is 1. The first-order valence-corrected chi connectivity index (χ1v) is 8.62. The van der Waals surface area contributed by atoms with E-state index in [1.807, 2.05) is 27.7 Å². The summed E-state index contributed by atoms with van der Waals surface area (Å²) in [4.78, 5) is 11.9. The van der Waals surface area contributed by atoms with Gasteiger partial charge in [0.15, 0.2) is 0 Å². The van der Waals surface area contributed by atoms with Gasteiger partial charge in [-0.3, -0.25) is 0 Å². The topological polar surface area (TPSA) is 76.4 Å². The second-order valence-electron chi connectivity index (χ2n) is 8.35. The van der Waals surface area contributed by atoms with Crippen molar-refractivity contribution >= 4 is 6.09 Å². The molecule has 0 aromatic heterocycles. The third kappa shape index (κ3) is 4.59. The zero-order chi connectivity index (χ0) is 16.5. The van der Waals surface area contributed by atoms with Crippen molar-refractivity contribution in [3.05, 3.63) is 0 Å². The highest BCUT2D eigenvalue weighted by atomic mass is 16.6. The Morgan fingerprint density at radius 3 is 2.36 bits per heavy atom. The Hall–Kier alpha value is -0.810. The lowest BCUT2D eigenvalue weighted by molar-refractivity contribution is 0.0511. The number of carbonyl (C=O) groups excluding carboxylic acids is 1. The van der Waals surface area contributed by atoms with Crippen LogP contribution in [0, 0.1) is 5.41 Å². The number of amides is 1. The van der Waals surface area contributed by atoms with E-state index in [1.54, 1.807) is 0 Å². The quantitative estimate of drug-likeness (QED) is 0.746. The first kappa shape index (κ1) is 17.5. The number of nitrogens with one attached hydrogen (secondary N) is 2. The Morgan fingerprint density at radius 2 is 1.86 bits per heavy atom. The largest absolute Gasteiger partial charge is 0.444 e. The number of hydrogen-bond acceptors (Lipinski definition) is 4. The highest BCUT2D eigenvalue weighted by Crippen LogP contribution is 2.56. The molecule has 2 aliphatic carbocycles. The molecule has 2 aliphatic rings. The molecule has 22 heavy (non-hydrogen) atoms. The van der Waals surface area contributed by atoms with Gasteiger partial charge < -0.3 is 21.1 Å². The summed E-state index contributed by atoms with van der Waals surface area (Å²) in [5.41, 5.74) is 5.82. The molecule has 3 unspecified atom stereocenters. The van der Waals surface area contributed by atoms with Crippen molar-refractivity contribution in [2.45, 2.75) is 96.5 Å². The lowest BCUT2D eigenvalue weighted by Gasteiger charge is -2.33. The summed E-state index contributed by atoms with van der Waals surface area (Å²) in [5, 5.41) is 6.68. The van der Waals surface area contributed by atoms with Gasteiger partial charge in [-0.2, -0.15) is 0 Å². The van der Waals surface area contributed by atoms with Gasteiger partial charge in [0.05, 0.1) is 0 Å². The number of alkyl carbamates (subject to hydrolysis) is 1. The number of carbonyl (C=O) groups is 1. The van der Waals surface area contributed by atoms with Crippen LogP contribution >= 0.6 is 0 Å². The maximum atomic E-state index is 11.9. The van der Waals surface area contributed by atoms with Crippen molar-refractivity contribution < 1.29 is 9.53 Å². The van der Waals surface area contributed by atoms with Crippen molar-refractivity contribution in [2.75, 3.05) is 0 Å². The Balaban J connectivity index is 1.73. The molecule has 0 bridgehead atoms. The van der Waals surface area contributed by atoms with Gasteiger partial charge in [0.2, 0.25) is 0 Å². The Kier molecular flexibility index (Phi) is 5.07. The SMILES string of the molecule is CC(N)C(C)NC1CCC2(CC1)CC2NC(=O)OC(C)(C)C. The Morgan fingerprint density at radius 1 is 1.27 bits per heavy atom. The molecule has 2 rings (SSSR count). The zero-order valence-corrected chi connectivity index (χ0v) is 14.7. The smallest absolute Gasteiger partial charge is 0.407 e. The molecular weight excluding hydrogens is 278 g/mol. The highest BCUT2D eigenvalue weighted by molar-refractivity contribution is 5.68. The van der Waals surface area contributed by atoms with Crippen LogP contribution in [-0.4, -0.2) is 35.9 Å². The fourth-order valence-electron chi connectivity index (χ4n) is 3.44. The molecule has 1 spiro atoms. The summed E-state index contributed by atoms with van der Waals surface area (Å²) in [5.74, 6) is 0. The minimum absolute atomic E-state index is 0.179. The van der Waals surface area contributed by atoms with Crippen molar-refractivity contribution in [2.24, 2.45) is 11.1 Å². The molecule has 2 saturated carbocycles. The van der Waals surface area contributed by atoms with Gasteiger partial charge in [-0.15, -0.1) is 0 Å². The van der Waals surface area contributed by atoms with Gasteiger partial charge in [0.1, 0.15) is 5.60 Å². The van der Waals surface area contributed by atoms with Crippen LogP contribution < -0.4 is 16.4 Å². The molecule has 5 heteroatoms. The van der Waals surface area contributed by atoms with Gasteiger partial charge in [0, 0.05) is 24.2 Å². The van der Waals surface area contributed by atoms with E-state index >= 15 is 0 Å². The fourth-order valence-corrected chi connectivity index (χ4v) is 3.44. The third-order valence-electron chi connectivity index (χ3n) is 5.15. The van der Waals surface area contributed by atoms with Crippen molar-refractivity contribution in [1.29, 1.82) is 0 Å². The number of nitrogens with two attached hydrogens (primary N) is 1. The van der Waals surface area contributed by atoms with Crippen molar-refractivity contribution in [3.8, 4) is 0 Å². The van der Waals surface area contributed by atoms with E-state index in [-0.39, 0.29) is 12.1 Å². The first-order valence-electron chi connectivity index (χ1n) is 8.62. The monoisotopic (exact) mass is 311 g/mol. The van der Waals surface area contributed by atoms with E-state index in [2.05, 4.69) is 17.6 Å². The highest BCUT2D eigenvalue weighted by Gasteiger charge is 2.56. The van der Waals surface area contributed by atoms with Gasteiger partial charge in [-0.05, 0) is 72.1 Å². The van der Waals surface area contributed by atoms with Crippen LogP contribution in [0.1, 0.15) is 66.7 Å². The first-order chi connectivity index (χ1) is 10.1. The maximum Gasteiger partial charge on any atom is 0.407 e. The van der Waals surface area contributed by atoms with Crippen LogP contribution in [0.2, 0.25) is 0 Å². The van der Waals surface area contributed by atoms with Crippen LogP contribution in [0.25, 0.3) is 0 Å². The van der Waals surface area contributed by atoms with E-state index < -0.39 is 5.60 Å². The van der Waals surface area contributed by atoms with Crippen LogP contribution in [0.3, 0.4) is 0 Å². The average molecular weight is 311 g/mol. The lowest BCUT2D eigenvalue weighted by Crippen LogP contribution is -2.47. The number of hydrogen-bond donors (Lipinski definition) is 3. The van der Waals surface area contributed by atoms with Crippen molar-refractivity contribution in [3.63, 3.8) is 0 Å². The molecule has 1 amide bonds.